The fourth-order valence-electron chi connectivity index (χ4n) is 4.24. The van der Waals surface area contributed by atoms with E-state index in [2.05, 4.69) is 26.0 Å². The predicted molar refractivity (Wildman–Crippen MR) is 131 cm³/mol. The molecule has 2 heterocycles. The highest BCUT2D eigenvalue weighted by atomic mass is 19.1. The number of nitrogens with one attached hydrogen (secondary N) is 3. The fraction of sp³-hybridized carbons (Fsp3) is 0.240. The van der Waals surface area contributed by atoms with Gasteiger partial charge in [0.1, 0.15) is 11.6 Å². The molecule has 9 heteroatoms. The van der Waals surface area contributed by atoms with E-state index in [0.717, 1.165) is 31.4 Å². The number of hydrogen-bond acceptors (Lipinski definition) is 6. The van der Waals surface area contributed by atoms with Crippen LogP contribution < -0.4 is 21.7 Å². The Hall–Kier alpha value is -3.98. The molecule has 0 aliphatic heterocycles. The smallest absolute Gasteiger partial charge is 0.276 e. The number of amides is 1. The van der Waals surface area contributed by atoms with E-state index in [1.807, 2.05) is 36.4 Å². The summed E-state index contributed by atoms with van der Waals surface area (Å²) in [5.41, 5.74) is 8.63. The molecular formula is C25H26FN7O. The van der Waals surface area contributed by atoms with Gasteiger partial charge >= 0.3 is 0 Å². The number of rotatable bonds is 6. The van der Waals surface area contributed by atoms with Gasteiger partial charge in [0.15, 0.2) is 11.3 Å². The molecule has 1 fully saturated rings. The lowest BCUT2D eigenvalue weighted by Crippen LogP contribution is -2.42. The van der Waals surface area contributed by atoms with Crippen LogP contribution in [0.2, 0.25) is 0 Å². The lowest BCUT2D eigenvalue weighted by molar-refractivity contribution is 0.102. The highest BCUT2D eigenvalue weighted by molar-refractivity contribution is 6.03. The molecule has 2 aromatic heterocycles. The van der Waals surface area contributed by atoms with Gasteiger partial charge in [-0.05, 0) is 37.1 Å². The first-order valence-corrected chi connectivity index (χ1v) is 11.4. The van der Waals surface area contributed by atoms with Gasteiger partial charge in [0.2, 0.25) is 0 Å². The second-order valence-corrected chi connectivity index (χ2v) is 8.45. The Labute approximate surface area is 196 Å². The number of fused-ring (bicyclic) bond motifs is 1. The minimum Gasteiger partial charge on any atom is -0.364 e. The largest absolute Gasteiger partial charge is 0.364 e. The van der Waals surface area contributed by atoms with E-state index in [9.17, 15) is 9.18 Å². The van der Waals surface area contributed by atoms with Gasteiger partial charge in [0.25, 0.3) is 5.91 Å². The number of hydrogen-bond donors (Lipinski definition) is 4. The Morgan fingerprint density at radius 1 is 1.03 bits per heavy atom. The first kappa shape index (κ1) is 21.8. The zero-order valence-electron chi connectivity index (χ0n) is 18.5. The van der Waals surface area contributed by atoms with Crippen LogP contribution in [0, 0.1) is 5.82 Å². The fourth-order valence-corrected chi connectivity index (χ4v) is 4.24. The highest BCUT2D eigenvalue weighted by Crippen LogP contribution is 2.27. The third-order valence-electron chi connectivity index (χ3n) is 6.03. The molecule has 1 saturated carbocycles. The van der Waals surface area contributed by atoms with Gasteiger partial charge in [-0.2, -0.15) is 0 Å². The van der Waals surface area contributed by atoms with E-state index < -0.39 is 11.7 Å². The van der Waals surface area contributed by atoms with E-state index in [-0.39, 0.29) is 23.5 Å². The highest BCUT2D eigenvalue weighted by Gasteiger charge is 2.24. The molecule has 0 saturated heterocycles. The summed E-state index contributed by atoms with van der Waals surface area (Å²) in [4.78, 5) is 17.5. The molecule has 8 nitrogen and oxygen atoms in total. The van der Waals surface area contributed by atoms with Crippen LogP contribution in [0.3, 0.4) is 0 Å². The van der Waals surface area contributed by atoms with E-state index in [0.29, 0.717) is 17.2 Å². The summed E-state index contributed by atoms with van der Waals surface area (Å²) in [5, 5.41) is 14.1. The van der Waals surface area contributed by atoms with Crippen molar-refractivity contribution in [3.8, 4) is 0 Å². The molecule has 1 aliphatic rings. The molecule has 2 atom stereocenters. The molecule has 0 unspecified atom stereocenters. The zero-order chi connectivity index (χ0) is 23.5. The van der Waals surface area contributed by atoms with Crippen LogP contribution >= 0.6 is 0 Å². The van der Waals surface area contributed by atoms with Crippen molar-refractivity contribution >= 4 is 34.4 Å². The molecule has 5 rings (SSSR count). The van der Waals surface area contributed by atoms with Gasteiger partial charge < -0.3 is 21.7 Å². The van der Waals surface area contributed by atoms with Crippen molar-refractivity contribution in [2.75, 3.05) is 16.0 Å². The van der Waals surface area contributed by atoms with E-state index in [1.54, 1.807) is 12.1 Å². The summed E-state index contributed by atoms with van der Waals surface area (Å²) < 4.78 is 15.6. The summed E-state index contributed by atoms with van der Waals surface area (Å²) >= 11 is 0. The van der Waals surface area contributed by atoms with Crippen molar-refractivity contribution in [3.63, 3.8) is 0 Å². The first-order valence-electron chi connectivity index (χ1n) is 11.4. The van der Waals surface area contributed by atoms with Crippen LogP contribution in [0.15, 0.2) is 66.9 Å². The van der Waals surface area contributed by atoms with Crippen molar-refractivity contribution in [1.82, 2.24) is 14.6 Å². The van der Waals surface area contributed by atoms with Gasteiger partial charge in [0.05, 0.1) is 17.6 Å². The minimum absolute atomic E-state index is 0.0309. The van der Waals surface area contributed by atoms with Gasteiger partial charge in [-0.1, -0.05) is 43.2 Å². The number of nitrogens with zero attached hydrogens (tertiary/aromatic N) is 3. The number of para-hydroxylation sites is 2. The summed E-state index contributed by atoms with van der Waals surface area (Å²) in [7, 11) is 0. The topological polar surface area (TPSA) is 109 Å². The first-order chi connectivity index (χ1) is 16.6. The molecule has 34 heavy (non-hydrogen) atoms. The van der Waals surface area contributed by atoms with Crippen molar-refractivity contribution < 1.29 is 9.18 Å². The molecule has 174 valence electrons. The molecule has 0 radical (unpaired) electrons. The van der Waals surface area contributed by atoms with Gasteiger partial charge in [-0.25, -0.2) is 13.9 Å². The van der Waals surface area contributed by atoms with Crippen molar-refractivity contribution in [2.24, 2.45) is 5.73 Å². The number of anilines is 4. The Balaban J connectivity index is 1.52. The molecule has 1 amide bonds. The van der Waals surface area contributed by atoms with Gasteiger partial charge in [-0.3, -0.25) is 4.79 Å². The standard InChI is InChI=1S/C25H26FN7O/c26-17-10-4-6-12-19(17)31-25(34)22-15-28-24-21(29-16-8-2-1-3-9-16)14-23(32-33(22)24)30-20-13-7-5-11-18(20)27/h1-4,6,8-10,12,14-15,18,20,29H,5,7,11,13,27H2,(H,30,32)(H,31,34)/t18-,20-/m1/s1. The average molecular weight is 460 g/mol. The second kappa shape index (κ2) is 9.48. The molecular weight excluding hydrogens is 433 g/mol. The molecule has 2 aromatic carbocycles. The zero-order valence-corrected chi connectivity index (χ0v) is 18.5. The summed E-state index contributed by atoms with van der Waals surface area (Å²) in [6.45, 7) is 0. The number of imidazole rings is 1. The Kier molecular flexibility index (Phi) is 6.09. The lowest BCUT2D eigenvalue weighted by atomic mass is 9.91. The van der Waals surface area contributed by atoms with Crippen LogP contribution in [-0.2, 0) is 0 Å². The maximum absolute atomic E-state index is 14.1. The van der Waals surface area contributed by atoms with Crippen LogP contribution in [-0.4, -0.2) is 32.6 Å². The number of carbonyl (C=O) groups is 1. The predicted octanol–water partition coefficient (Wildman–Crippen LogP) is 4.55. The normalized spacial score (nSPS) is 17.9. The van der Waals surface area contributed by atoms with Crippen molar-refractivity contribution in [2.45, 2.75) is 37.8 Å². The number of benzene rings is 2. The SMILES string of the molecule is N[C@@H]1CCCC[C@H]1Nc1cc(Nc2ccccc2)c2ncc(C(=O)Nc3ccccc3F)n2n1. The van der Waals surface area contributed by atoms with Crippen molar-refractivity contribution in [1.29, 1.82) is 0 Å². The summed E-state index contributed by atoms with van der Waals surface area (Å²) in [6, 6.07) is 17.7. The number of halogens is 1. The van der Waals surface area contributed by atoms with E-state index in [4.69, 9.17) is 5.73 Å². The van der Waals surface area contributed by atoms with Crippen LogP contribution in [0.25, 0.3) is 5.65 Å². The molecule has 0 bridgehead atoms. The Morgan fingerprint density at radius 2 is 1.79 bits per heavy atom. The van der Waals surface area contributed by atoms with Crippen LogP contribution in [0.5, 0.6) is 0 Å². The number of nitrogens with two attached hydrogens (primary N) is 1. The third-order valence-corrected chi connectivity index (χ3v) is 6.03. The van der Waals surface area contributed by atoms with Crippen LogP contribution in [0.4, 0.5) is 27.3 Å². The van der Waals surface area contributed by atoms with Gasteiger partial charge in [-0.15, -0.1) is 5.10 Å². The Bertz CT molecular complexity index is 1310. The third kappa shape index (κ3) is 4.55. The molecule has 5 N–H and O–H groups in total. The van der Waals surface area contributed by atoms with Crippen LogP contribution in [0.1, 0.15) is 36.2 Å². The maximum Gasteiger partial charge on any atom is 0.276 e. The monoisotopic (exact) mass is 459 g/mol. The maximum atomic E-state index is 14.1. The Morgan fingerprint density at radius 3 is 2.59 bits per heavy atom. The summed E-state index contributed by atoms with van der Waals surface area (Å²) in [5.74, 6) is -0.453. The minimum atomic E-state index is -0.516. The lowest BCUT2D eigenvalue weighted by Gasteiger charge is -2.29. The van der Waals surface area contributed by atoms with E-state index >= 15 is 0 Å². The van der Waals surface area contributed by atoms with Gasteiger partial charge in [0, 0.05) is 23.8 Å². The summed E-state index contributed by atoms with van der Waals surface area (Å²) in [6.07, 6.45) is 5.56. The molecule has 0 spiro atoms. The number of aromatic nitrogens is 3. The average Bonchev–Trinajstić information content (AvgIpc) is 3.27. The number of carbonyl (C=O) groups excluding carboxylic acids is 1. The molecule has 1 aliphatic carbocycles. The van der Waals surface area contributed by atoms with E-state index in [1.165, 1.54) is 22.8 Å². The quantitative estimate of drug-likeness (QED) is 0.337. The second-order valence-electron chi connectivity index (χ2n) is 8.45. The van der Waals surface area contributed by atoms with Crippen molar-refractivity contribution in [3.05, 3.63) is 78.4 Å². The molecule has 4 aromatic rings.